The Hall–Kier alpha value is -1.09. The molecule has 12 heavy (non-hydrogen) atoms. The predicted octanol–water partition coefficient (Wildman–Crippen LogP) is 2.52. The Labute approximate surface area is 80.6 Å². The van der Waals surface area contributed by atoms with Gasteiger partial charge in [-0.3, -0.25) is 4.98 Å². The van der Waals surface area contributed by atoms with Gasteiger partial charge < -0.3 is 5.11 Å². The average Bonchev–Trinajstić information content (AvgIpc) is 2.04. The molecule has 1 N–H and O–H groups in total. The van der Waals surface area contributed by atoms with Gasteiger partial charge in [0.15, 0.2) is 0 Å². The maximum Gasteiger partial charge on any atom is 0.117 e. The lowest BCUT2D eigenvalue weighted by molar-refractivity contribution is 0.476. The van der Waals surface area contributed by atoms with E-state index in [0.29, 0.717) is 0 Å². The predicted molar refractivity (Wildman–Crippen MR) is 53.7 cm³/mol. The lowest BCUT2D eigenvalue weighted by atomic mass is 10.2. The fourth-order valence-corrected chi connectivity index (χ4v) is 1.05. The van der Waals surface area contributed by atoms with Crippen molar-refractivity contribution in [2.45, 2.75) is 0 Å². The van der Waals surface area contributed by atoms with E-state index in [1.807, 2.05) is 18.2 Å². The molecule has 0 atom stereocenters. The van der Waals surface area contributed by atoms with Gasteiger partial charge in [0.05, 0.1) is 5.52 Å². The van der Waals surface area contributed by atoms with Crippen molar-refractivity contribution < 1.29 is 5.11 Å². The molecular weight excluding hydrogens is 218 g/mol. The van der Waals surface area contributed by atoms with Crippen LogP contribution in [0.4, 0.5) is 0 Å². The normalized spacial score (nSPS) is 9.33. The molecule has 3 heteroatoms. The Morgan fingerprint density at radius 3 is 2.83 bits per heavy atom. The first-order chi connectivity index (χ1) is 5.36. The van der Waals surface area contributed by atoms with Crippen LogP contribution in [0.15, 0.2) is 36.5 Å². The number of hydrogen-bond acceptors (Lipinski definition) is 2. The Morgan fingerprint density at radius 2 is 2.00 bits per heavy atom. The molecule has 0 unspecified atom stereocenters. The second-order valence-electron chi connectivity index (χ2n) is 2.38. The third kappa shape index (κ3) is 1.56. The summed E-state index contributed by atoms with van der Waals surface area (Å²) in [5.74, 6) is 0.260. The second kappa shape index (κ2) is 3.54. The Kier molecular flexibility index (Phi) is 2.65. The molecule has 0 aliphatic rings. The fraction of sp³-hybridized carbons (Fsp3) is 0. The van der Waals surface area contributed by atoms with Gasteiger partial charge in [-0.25, -0.2) is 0 Å². The van der Waals surface area contributed by atoms with Crippen molar-refractivity contribution in [3.8, 4) is 5.75 Å². The lowest BCUT2D eigenvalue weighted by Crippen LogP contribution is -1.75. The number of rotatable bonds is 0. The smallest absolute Gasteiger partial charge is 0.117 e. The number of hydrogen-bond donors (Lipinski definition) is 1. The van der Waals surface area contributed by atoms with Gasteiger partial charge in [-0.05, 0) is 18.2 Å². The summed E-state index contributed by atoms with van der Waals surface area (Å²) in [5, 5.41) is 10.1. The van der Waals surface area contributed by atoms with Crippen LogP contribution >= 0.6 is 17.0 Å². The first-order valence-electron chi connectivity index (χ1n) is 3.40. The van der Waals surface area contributed by atoms with Gasteiger partial charge in [-0.1, -0.05) is 6.07 Å². The number of phenolic OH excluding ortho intramolecular Hbond substituents is 1. The largest absolute Gasteiger partial charge is 0.508 e. The van der Waals surface area contributed by atoms with E-state index in [0.717, 1.165) is 10.9 Å². The number of phenols is 1. The molecule has 1 aromatic carbocycles. The van der Waals surface area contributed by atoms with E-state index >= 15 is 0 Å². The zero-order valence-electron chi connectivity index (χ0n) is 6.27. The Bertz CT molecular complexity index is 389. The molecule has 0 saturated carbocycles. The van der Waals surface area contributed by atoms with Crippen LogP contribution < -0.4 is 0 Å². The molecule has 0 aliphatic carbocycles. The standard InChI is InChI=1S/C9H7NO.BrH/c11-8-4-3-7-2-1-5-10-9(7)6-8;/h1-6,11H;1H. The average molecular weight is 226 g/mol. The second-order valence-corrected chi connectivity index (χ2v) is 2.38. The zero-order chi connectivity index (χ0) is 7.68. The van der Waals surface area contributed by atoms with Crippen LogP contribution in [0, 0.1) is 0 Å². The molecule has 0 aliphatic heterocycles. The quantitative estimate of drug-likeness (QED) is 0.748. The van der Waals surface area contributed by atoms with Crippen molar-refractivity contribution in [2.75, 3.05) is 0 Å². The molecule has 2 rings (SSSR count). The Balaban J connectivity index is 0.000000720. The third-order valence-electron chi connectivity index (χ3n) is 1.59. The highest BCUT2D eigenvalue weighted by Gasteiger charge is 1.92. The van der Waals surface area contributed by atoms with Gasteiger partial charge in [0.1, 0.15) is 5.75 Å². The van der Waals surface area contributed by atoms with E-state index in [2.05, 4.69) is 4.98 Å². The monoisotopic (exact) mass is 225 g/mol. The maximum absolute atomic E-state index is 9.09. The molecule has 0 fully saturated rings. The summed E-state index contributed by atoms with van der Waals surface area (Å²) < 4.78 is 0. The molecule has 0 radical (unpaired) electrons. The van der Waals surface area contributed by atoms with Crippen molar-refractivity contribution >= 4 is 27.9 Å². The first-order valence-corrected chi connectivity index (χ1v) is 3.40. The fourth-order valence-electron chi connectivity index (χ4n) is 1.05. The van der Waals surface area contributed by atoms with Gasteiger partial charge in [0, 0.05) is 17.6 Å². The lowest BCUT2D eigenvalue weighted by Gasteiger charge is -1.95. The number of benzene rings is 1. The molecule has 1 aromatic heterocycles. The van der Waals surface area contributed by atoms with Crippen molar-refractivity contribution in [3.63, 3.8) is 0 Å². The van der Waals surface area contributed by atoms with Crippen LogP contribution in [-0.4, -0.2) is 10.1 Å². The maximum atomic E-state index is 9.09. The number of fused-ring (bicyclic) bond motifs is 1. The molecule has 2 nitrogen and oxygen atoms in total. The minimum absolute atomic E-state index is 0. The van der Waals surface area contributed by atoms with Crippen molar-refractivity contribution in [3.05, 3.63) is 36.5 Å². The molecule has 62 valence electrons. The first kappa shape index (κ1) is 9.00. The van der Waals surface area contributed by atoms with Crippen LogP contribution in [0.3, 0.4) is 0 Å². The minimum Gasteiger partial charge on any atom is -0.508 e. The van der Waals surface area contributed by atoms with Crippen molar-refractivity contribution in [1.29, 1.82) is 0 Å². The van der Waals surface area contributed by atoms with Crippen LogP contribution in [0.1, 0.15) is 0 Å². The third-order valence-corrected chi connectivity index (χ3v) is 1.59. The van der Waals surface area contributed by atoms with Crippen molar-refractivity contribution in [2.24, 2.45) is 0 Å². The number of aromatic nitrogens is 1. The van der Waals surface area contributed by atoms with Gasteiger partial charge in [0.2, 0.25) is 0 Å². The van der Waals surface area contributed by atoms with Gasteiger partial charge >= 0.3 is 0 Å². The SMILES string of the molecule is Br.Oc1ccc2cccnc2c1. The zero-order valence-corrected chi connectivity index (χ0v) is 7.98. The van der Waals surface area contributed by atoms with E-state index in [9.17, 15) is 0 Å². The summed E-state index contributed by atoms with van der Waals surface area (Å²) in [5.41, 5.74) is 0.826. The van der Waals surface area contributed by atoms with Crippen molar-refractivity contribution in [1.82, 2.24) is 4.98 Å². The Morgan fingerprint density at radius 1 is 1.17 bits per heavy atom. The van der Waals surface area contributed by atoms with E-state index in [1.165, 1.54) is 0 Å². The summed E-state index contributed by atoms with van der Waals surface area (Å²) >= 11 is 0. The summed E-state index contributed by atoms with van der Waals surface area (Å²) in [6.45, 7) is 0. The van der Waals surface area contributed by atoms with E-state index in [1.54, 1.807) is 18.3 Å². The van der Waals surface area contributed by atoms with E-state index in [-0.39, 0.29) is 22.7 Å². The summed E-state index contributed by atoms with van der Waals surface area (Å²) in [7, 11) is 0. The van der Waals surface area contributed by atoms with Crippen LogP contribution in [0.5, 0.6) is 5.75 Å². The number of pyridine rings is 1. The highest BCUT2D eigenvalue weighted by molar-refractivity contribution is 8.93. The van der Waals surface area contributed by atoms with Crippen LogP contribution in [0.25, 0.3) is 10.9 Å². The minimum atomic E-state index is 0. The topological polar surface area (TPSA) is 33.1 Å². The van der Waals surface area contributed by atoms with Gasteiger partial charge in [0.25, 0.3) is 0 Å². The molecule has 0 amide bonds. The number of aromatic hydroxyl groups is 1. The molecule has 2 aromatic rings. The summed E-state index contributed by atoms with van der Waals surface area (Å²) in [4.78, 5) is 4.08. The van der Waals surface area contributed by atoms with Crippen LogP contribution in [-0.2, 0) is 0 Å². The molecular formula is C9H8BrNO. The molecule has 0 bridgehead atoms. The van der Waals surface area contributed by atoms with Gasteiger partial charge in [-0.15, -0.1) is 17.0 Å². The molecule has 1 heterocycles. The number of halogens is 1. The van der Waals surface area contributed by atoms with E-state index < -0.39 is 0 Å². The van der Waals surface area contributed by atoms with Crippen LogP contribution in [0.2, 0.25) is 0 Å². The molecule has 0 spiro atoms. The van der Waals surface area contributed by atoms with E-state index in [4.69, 9.17) is 5.11 Å². The summed E-state index contributed by atoms with van der Waals surface area (Å²) in [6, 6.07) is 8.98. The summed E-state index contributed by atoms with van der Waals surface area (Å²) in [6.07, 6.45) is 1.71. The number of nitrogens with zero attached hydrogens (tertiary/aromatic N) is 1. The van der Waals surface area contributed by atoms with Gasteiger partial charge in [-0.2, -0.15) is 0 Å². The highest BCUT2D eigenvalue weighted by Crippen LogP contribution is 2.16. The molecule has 0 saturated heterocycles. The highest BCUT2D eigenvalue weighted by atomic mass is 79.9.